The van der Waals surface area contributed by atoms with Gasteiger partial charge in [-0.3, -0.25) is 23.9 Å². The van der Waals surface area contributed by atoms with Crippen LogP contribution < -0.4 is 11.1 Å². The van der Waals surface area contributed by atoms with Crippen molar-refractivity contribution in [3.05, 3.63) is 63.2 Å². The van der Waals surface area contributed by atoms with Crippen LogP contribution in [0.4, 0.5) is 0 Å². The molecule has 4 atom stereocenters. The quantitative estimate of drug-likeness (QED) is 0.462. The second-order valence-corrected chi connectivity index (χ2v) is 13.0. The van der Waals surface area contributed by atoms with Crippen molar-refractivity contribution < 1.29 is 9.90 Å². The second-order valence-electron chi connectivity index (χ2n) is 13.0. The van der Waals surface area contributed by atoms with Gasteiger partial charge in [-0.25, -0.2) is 4.98 Å². The standard InChI is InChI=1S/C33H40N4O4/c38-30-14-6-13-29(35(30)20-31(39)40)32-33(41)37(28-12-4-3-11-27(28)34-32)26-18-23-9-5-10-24(19-26)36(23)25-16-21-7-1-2-8-22(15-21)17-25/h3-4,6,11-14,21-26H,1-2,5,7-10,15-20H2,(H,39,40). The maximum absolute atomic E-state index is 14.3. The summed E-state index contributed by atoms with van der Waals surface area (Å²) in [6, 6.07) is 13.9. The topological polar surface area (TPSA) is 97.4 Å². The van der Waals surface area contributed by atoms with E-state index in [1.54, 1.807) is 12.1 Å². The predicted octanol–water partition coefficient (Wildman–Crippen LogP) is 5.23. The average Bonchev–Trinajstić information content (AvgIpc) is 3.12. The number of pyridine rings is 1. The number of carboxylic acids is 1. The molecule has 4 heterocycles. The lowest BCUT2D eigenvalue weighted by Crippen LogP contribution is -2.58. The number of nitrogens with zero attached hydrogens (tertiary/aromatic N) is 4. The summed E-state index contributed by atoms with van der Waals surface area (Å²) in [5.41, 5.74) is 1.20. The summed E-state index contributed by atoms with van der Waals surface area (Å²) in [6.07, 6.45) is 15.2. The molecule has 4 aliphatic rings. The lowest BCUT2D eigenvalue weighted by molar-refractivity contribution is -0.137. The van der Waals surface area contributed by atoms with Gasteiger partial charge < -0.3 is 9.67 Å². The van der Waals surface area contributed by atoms with Crippen LogP contribution >= 0.6 is 0 Å². The van der Waals surface area contributed by atoms with Crippen LogP contribution in [0.2, 0.25) is 0 Å². The highest BCUT2D eigenvalue weighted by molar-refractivity contribution is 5.78. The van der Waals surface area contributed by atoms with Gasteiger partial charge in [0.25, 0.3) is 11.1 Å². The molecule has 8 nitrogen and oxygen atoms in total. The zero-order valence-corrected chi connectivity index (χ0v) is 23.7. The maximum Gasteiger partial charge on any atom is 0.323 e. The number of para-hydroxylation sites is 2. The number of aliphatic carboxylic acids is 1. The van der Waals surface area contributed by atoms with Crippen molar-refractivity contribution in [3.8, 4) is 11.4 Å². The van der Waals surface area contributed by atoms with Crippen LogP contribution in [-0.4, -0.2) is 48.2 Å². The van der Waals surface area contributed by atoms with E-state index in [0.717, 1.165) is 34.8 Å². The fraction of sp³-hybridized carbons (Fsp3) is 0.576. The molecule has 216 valence electrons. The van der Waals surface area contributed by atoms with E-state index >= 15 is 0 Å². The van der Waals surface area contributed by atoms with Gasteiger partial charge in [0.1, 0.15) is 6.54 Å². The molecule has 2 aliphatic carbocycles. The minimum Gasteiger partial charge on any atom is -0.480 e. The molecule has 0 spiro atoms. The van der Waals surface area contributed by atoms with Crippen LogP contribution in [0.3, 0.4) is 0 Å². The first-order chi connectivity index (χ1) is 20.0. The van der Waals surface area contributed by atoms with Crippen LogP contribution in [0.25, 0.3) is 22.4 Å². The highest BCUT2D eigenvalue weighted by Crippen LogP contribution is 2.47. The van der Waals surface area contributed by atoms with Gasteiger partial charge in [-0.2, -0.15) is 0 Å². The van der Waals surface area contributed by atoms with Crippen LogP contribution in [0.1, 0.15) is 83.1 Å². The van der Waals surface area contributed by atoms with E-state index in [4.69, 9.17) is 4.98 Å². The third-order valence-electron chi connectivity index (χ3n) is 10.5. The van der Waals surface area contributed by atoms with Crippen molar-refractivity contribution >= 4 is 17.0 Å². The molecule has 41 heavy (non-hydrogen) atoms. The molecule has 2 saturated carbocycles. The summed E-state index contributed by atoms with van der Waals surface area (Å²) in [4.78, 5) is 46.2. The summed E-state index contributed by atoms with van der Waals surface area (Å²) in [5.74, 6) is 0.620. The first-order valence-corrected chi connectivity index (χ1v) is 15.7. The number of benzene rings is 1. The van der Waals surface area contributed by atoms with E-state index in [1.807, 2.05) is 28.8 Å². The van der Waals surface area contributed by atoms with E-state index in [-0.39, 0.29) is 23.0 Å². The van der Waals surface area contributed by atoms with Gasteiger partial charge in [-0.05, 0) is 75.0 Å². The van der Waals surface area contributed by atoms with Crippen molar-refractivity contribution in [2.75, 3.05) is 0 Å². The molecule has 8 heteroatoms. The summed E-state index contributed by atoms with van der Waals surface area (Å²) in [5, 5.41) is 9.49. The second kappa shape index (κ2) is 10.9. The van der Waals surface area contributed by atoms with Gasteiger partial charge in [-0.1, -0.05) is 50.3 Å². The molecule has 2 saturated heterocycles. The fourth-order valence-corrected chi connectivity index (χ4v) is 9.02. The number of hydrogen-bond acceptors (Lipinski definition) is 5. The van der Waals surface area contributed by atoms with E-state index in [9.17, 15) is 19.5 Å². The average molecular weight is 557 g/mol. The van der Waals surface area contributed by atoms with Gasteiger partial charge in [-0.15, -0.1) is 0 Å². The van der Waals surface area contributed by atoms with E-state index in [2.05, 4.69) is 4.90 Å². The number of hydrogen-bond donors (Lipinski definition) is 1. The normalized spacial score (nSPS) is 30.1. The number of carbonyl (C=O) groups is 1. The summed E-state index contributed by atoms with van der Waals surface area (Å²) in [6.45, 7) is -0.519. The van der Waals surface area contributed by atoms with Crippen molar-refractivity contribution in [1.29, 1.82) is 0 Å². The molecule has 0 radical (unpaired) electrons. The molecule has 3 aromatic rings. The van der Waals surface area contributed by atoms with Crippen LogP contribution in [-0.2, 0) is 11.3 Å². The Morgan fingerprint density at radius 1 is 0.780 bits per heavy atom. The third-order valence-corrected chi connectivity index (χ3v) is 10.5. The van der Waals surface area contributed by atoms with Gasteiger partial charge in [0.15, 0.2) is 5.69 Å². The lowest BCUT2D eigenvalue weighted by atomic mass is 9.73. The highest BCUT2D eigenvalue weighted by atomic mass is 16.4. The van der Waals surface area contributed by atoms with Crippen LogP contribution in [0.15, 0.2) is 52.1 Å². The number of piperidine rings is 2. The Hall–Kier alpha value is -3.26. The minimum absolute atomic E-state index is 0.0370. The Kier molecular flexibility index (Phi) is 7.05. The number of fused-ring (bicyclic) bond motifs is 5. The molecule has 0 amide bonds. The maximum atomic E-state index is 14.3. The van der Waals surface area contributed by atoms with Gasteiger partial charge in [0, 0.05) is 30.2 Å². The Morgan fingerprint density at radius 2 is 1.49 bits per heavy atom. The molecule has 1 N–H and O–H groups in total. The van der Waals surface area contributed by atoms with Crippen LogP contribution in [0.5, 0.6) is 0 Å². The Morgan fingerprint density at radius 3 is 2.20 bits per heavy atom. The highest BCUT2D eigenvalue weighted by Gasteiger charge is 2.45. The molecule has 2 aromatic heterocycles. The van der Waals surface area contributed by atoms with Gasteiger partial charge in [0.05, 0.1) is 16.7 Å². The van der Waals surface area contributed by atoms with E-state index < -0.39 is 18.1 Å². The first kappa shape index (κ1) is 26.6. The molecule has 1 aromatic carbocycles. The van der Waals surface area contributed by atoms with E-state index in [1.165, 1.54) is 70.3 Å². The van der Waals surface area contributed by atoms with Crippen molar-refractivity contribution in [2.45, 2.75) is 108 Å². The monoisotopic (exact) mass is 556 g/mol. The Labute approximate surface area is 240 Å². The molecule has 4 fully saturated rings. The van der Waals surface area contributed by atoms with Gasteiger partial charge in [0.2, 0.25) is 0 Å². The number of carboxylic acid groups (broad SMARTS) is 1. The van der Waals surface area contributed by atoms with Crippen molar-refractivity contribution in [2.24, 2.45) is 11.8 Å². The molecule has 4 unspecified atom stereocenters. The molecule has 4 bridgehead atoms. The first-order valence-electron chi connectivity index (χ1n) is 15.7. The van der Waals surface area contributed by atoms with E-state index in [0.29, 0.717) is 23.6 Å². The van der Waals surface area contributed by atoms with Crippen LogP contribution in [0, 0.1) is 11.8 Å². The van der Waals surface area contributed by atoms with Crippen molar-refractivity contribution in [3.63, 3.8) is 0 Å². The summed E-state index contributed by atoms with van der Waals surface area (Å²) >= 11 is 0. The molecule has 2 aliphatic heterocycles. The zero-order valence-electron chi connectivity index (χ0n) is 23.7. The SMILES string of the molecule is O=C(O)Cn1c(-c2nc3ccccc3n(C3CC4CCCC(C3)N4C3CC4CCCCC(C4)C3)c2=O)cccc1=O. The predicted molar refractivity (Wildman–Crippen MR) is 158 cm³/mol. The fourth-order valence-electron chi connectivity index (χ4n) is 9.02. The largest absolute Gasteiger partial charge is 0.480 e. The molecular weight excluding hydrogens is 516 g/mol. The lowest BCUT2D eigenvalue weighted by Gasteiger charge is -2.54. The smallest absolute Gasteiger partial charge is 0.323 e. The Balaban J connectivity index is 1.28. The summed E-state index contributed by atoms with van der Waals surface area (Å²) < 4.78 is 3.08. The summed E-state index contributed by atoms with van der Waals surface area (Å²) in [7, 11) is 0. The Bertz CT molecular complexity index is 1550. The zero-order chi connectivity index (χ0) is 28.1. The third kappa shape index (κ3) is 4.94. The number of aromatic nitrogens is 3. The minimum atomic E-state index is -1.14. The number of rotatable bonds is 5. The molecular formula is C33H40N4O4. The van der Waals surface area contributed by atoms with Gasteiger partial charge >= 0.3 is 5.97 Å². The van der Waals surface area contributed by atoms with Crippen molar-refractivity contribution in [1.82, 2.24) is 19.0 Å². The molecule has 7 rings (SSSR count).